The zero-order valence-corrected chi connectivity index (χ0v) is 14.1. The molecule has 2 aliphatic rings. The molecule has 0 spiro atoms. The second-order valence-corrected chi connectivity index (χ2v) is 7.50. The minimum atomic E-state index is -0.547. The number of carbonyl (C=O) groups excluding carboxylic acids is 3. The Balaban J connectivity index is 1.85. The van der Waals surface area contributed by atoms with Gasteiger partial charge < -0.3 is 4.90 Å². The largest absolute Gasteiger partial charge is 0.322 e. The average molecular weight is 332 g/mol. The van der Waals surface area contributed by atoms with Crippen molar-refractivity contribution < 1.29 is 14.4 Å². The lowest BCUT2D eigenvalue weighted by Gasteiger charge is -2.29. The lowest BCUT2D eigenvalue weighted by molar-refractivity contribution is -0.136. The van der Waals surface area contributed by atoms with Crippen LogP contribution in [0.25, 0.3) is 0 Å². The molecule has 3 rings (SSSR count). The highest BCUT2D eigenvalue weighted by Crippen LogP contribution is 2.36. The number of nitrogens with zero attached hydrogens (tertiary/aromatic N) is 1. The van der Waals surface area contributed by atoms with Crippen molar-refractivity contribution in [1.29, 1.82) is 0 Å². The number of imide groups is 1. The number of hydrogen-bond acceptors (Lipinski definition) is 4. The van der Waals surface area contributed by atoms with Gasteiger partial charge in [0.1, 0.15) is 6.04 Å². The summed E-state index contributed by atoms with van der Waals surface area (Å²) in [6.45, 7) is 4.75. The fraction of sp³-hybridized carbons (Fsp3) is 0.471. The van der Waals surface area contributed by atoms with Gasteiger partial charge in [0.15, 0.2) is 0 Å². The molecule has 2 aliphatic heterocycles. The molecule has 0 aromatic heterocycles. The smallest absolute Gasteiger partial charge is 0.255 e. The maximum atomic E-state index is 12.7. The summed E-state index contributed by atoms with van der Waals surface area (Å²) in [5, 5.41) is 2.81. The molecule has 1 aromatic rings. The monoisotopic (exact) mass is 332 g/mol. The van der Waals surface area contributed by atoms with Crippen molar-refractivity contribution >= 4 is 29.5 Å². The number of amides is 3. The van der Waals surface area contributed by atoms with E-state index in [0.717, 1.165) is 16.9 Å². The molecule has 0 saturated carbocycles. The van der Waals surface area contributed by atoms with Crippen LogP contribution in [-0.4, -0.2) is 33.9 Å². The van der Waals surface area contributed by atoms with Crippen molar-refractivity contribution in [3.63, 3.8) is 0 Å². The Labute approximate surface area is 139 Å². The first-order valence-corrected chi connectivity index (χ1v) is 8.82. The lowest BCUT2D eigenvalue weighted by Crippen LogP contribution is -2.52. The molecule has 1 N–H and O–H groups in total. The van der Waals surface area contributed by atoms with Gasteiger partial charge in [-0.15, -0.1) is 11.8 Å². The number of nitrogens with one attached hydrogen (secondary N) is 1. The van der Waals surface area contributed by atoms with Gasteiger partial charge in [0, 0.05) is 28.7 Å². The molecule has 1 saturated heterocycles. The molecule has 2 heterocycles. The molecule has 2 atom stereocenters. The van der Waals surface area contributed by atoms with Crippen LogP contribution in [0.1, 0.15) is 49.0 Å². The van der Waals surface area contributed by atoms with Gasteiger partial charge in [0.05, 0.1) is 0 Å². The van der Waals surface area contributed by atoms with E-state index in [9.17, 15) is 14.4 Å². The third kappa shape index (κ3) is 3.00. The van der Waals surface area contributed by atoms with Crippen LogP contribution < -0.4 is 5.32 Å². The summed E-state index contributed by atoms with van der Waals surface area (Å²) in [5.41, 5.74) is 1.69. The fourth-order valence-corrected chi connectivity index (χ4v) is 4.04. The Morgan fingerprint density at radius 2 is 2.13 bits per heavy atom. The van der Waals surface area contributed by atoms with E-state index < -0.39 is 6.04 Å². The number of fused-ring (bicyclic) bond motifs is 1. The first-order valence-electron chi connectivity index (χ1n) is 7.94. The molecule has 6 heteroatoms. The Morgan fingerprint density at radius 1 is 1.35 bits per heavy atom. The molecule has 0 radical (unpaired) electrons. The number of piperidine rings is 1. The predicted molar refractivity (Wildman–Crippen MR) is 88.1 cm³/mol. The van der Waals surface area contributed by atoms with E-state index in [-0.39, 0.29) is 24.1 Å². The van der Waals surface area contributed by atoms with Crippen molar-refractivity contribution in [2.45, 2.75) is 55.8 Å². The van der Waals surface area contributed by atoms with Gasteiger partial charge in [0.2, 0.25) is 11.8 Å². The van der Waals surface area contributed by atoms with Crippen LogP contribution in [0.5, 0.6) is 0 Å². The fourth-order valence-electron chi connectivity index (χ4n) is 2.97. The van der Waals surface area contributed by atoms with E-state index in [4.69, 9.17) is 0 Å². The van der Waals surface area contributed by atoms with Crippen LogP contribution in [0, 0.1) is 0 Å². The zero-order valence-electron chi connectivity index (χ0n) is 13.3. The third-order valence-corrected chi connectivity index (χ3v) is 5.81. The summed E-state index contributed by atoms with van der Waals surface area (Å²) in [6.07, 6.45) is 1.74. The van der Waals surface area contributed by atoms with Gasteiger partial charge >= 0.3 is 0 Å². The number of thioether (sulfide) groups is 1. The second-order valence-electron chi connectivity index (χ2n) is 6.02. The summed E-state index contributed by atoms with van der Waals surface area (Å²) >= 11 is 1.77. The maximum absolute atomic E-state index is 12.7. The van der Waals surface area contributed by atoms with Gasteiger partial charge in [-0.2, -0.15) is 0 Å². The van der Waals surface area contributed by atoms with E-state index in [0.29, 0.717) is 23.8 Å². The van der Waals surface area contributed by atoms with Gasteiger partial charge in [-0.05, 0) is 30.5 Å². The molecular weight excluding hydrogens is 312 g/mol. The summed E-state index contributed by atoms with van der Waals surface area (Å²) in [5.74, 6) is -0.733. The Bertz CT molecular complexity index is 674. The van der Waals surface area contributed by atoms with Crippen molar-refractivity contribution in [1.82, 2.24) is 10.2 Å². The first-order chi connectivity index (χ1) is 11.0. The van der Waals surface area contributed by atoms with Crippen molar-refractivity contribution in [2.75, 3.05) is 0 Å². The number of carbonyl (C=O) groups is 3. The number of hydrogen-bond donors (Lipinski definition) is 1. The van der Waals surface area contributed by atoms with Crippen LogP contribution in [0.3, 0.4) is 0 Å². The highest BCUT2D eigenvalue weighted by Gasteiger charge is 2.39. The van der Waals surface area contributed by atoms with E-state index in [1.54, 1.807) is 16.7 Å². The molecule has 0 aliphatic carbocycles. The van der Waals surface area contributed by atoms with Crippen molar-refractivity contribution in [3.05, 3.63) is 29.3 Å². The summed E-state index contributed by atoms with van der Waals surface area (Å²) in [7, 11) is 0. The molecule has 1 aromatic carbocycles. The summed E-state index contributed by atoms with van der Waals surface area (Å²) in [6, 6.07) is 5.21. The van der Waals surface area contributed by atoms with Gasteiger partial charge in [-0.3, -0.25) is 19.7 Å². The summed E-state index contributed by atoms with van der Waals surface area (Å²) < 4.78 is 0. The SMILES string of the molecule is CCC(C)Sc1cccc2c1CN(C1CCC(=O)NC1=O)C2=O. The number of rotatable bonds is 4. The summed E-state index contributed by atoms with van der Waals surface area (Å²) in [4.78, 5) is 38.8. The topological polar surface area (TPSA) is 66.5 Å². The highest BCUT2D eigenvalue weighted by atomic mass is 32.2. The van der Waals surface area contributed by atoms with E-state index in [1.807, 2.05) is 18.2 Å². The zero-order chi connectivity index (χ0) is 16.6. The van der Waals surface area contributed by atoms with Crippen LogP contribution >= 0.6 is 11.8 Å². The van der Waals surface area contributed by atoms with E-state index >= 15 is 0 Å². The van der Waals surface area contributed by atoms with Crippen LogP contribution in [0.4, 0.5) is 0 Å². The van der Waals surface area contributed by atoms with Crippen molar-refractivity contribution in [3.8, 4) is 0 Å². The van der Waals surface area contributed by atoms with Crippen LogP contribution in [0.2, 0.25) is 0 Å². The molecular formula is C17H20N2O3S. The number of benzene rings is 1. The Kier molecular flexibility index (Phi) is 4.43. The molecule has 3 amide bonds. The first kappa shape index (κ1) is 16.1. The maximum Gasteiger partial charge on any atom is 0.255 e. The van der Waals surface area contributed by atoms with E-state index in [1.165, 1.54) is 0 Å². The van der Waals surface area contributed by atoms with Gasteiger partial charge in [-0.25, -0.2) is 0 Å². The van der Waals surface area contributed by atoms with Crippen molar-refractivity contribution in [2.24, 2.45) is 0 Å². The Morgan fingerprint density at radius 3 is 2.83 bits per heavy atom. The minimum Gasteiger partial charge on any atom is -0.322 e. The van der Waals surface area contributed by atoms with E-state index in [2.05, 4.69) is 19.2 Å². The Hall–Kier alpha value is -1.82. The average Bonchev–Trinajstić information content (AvgIpc) is 2.86. The highest BCUT2D eigenvalue weighted by molar-refractivity contribution is 8.00. The normalized spacial score (nSPS) is 22.1. The quantitative estimate of drug-likeness (QED) is 0.679. The molecule has 5 nitrogen and oxygen atoms in total. The third-order valence-electron chi connectivity index (χ3n) is 4.44. The van der Waals surface area contributed by atoms with Crippen LogP contribution in [0.15, 0.2) is 23.1 Å². The second kappa shape index (κ2) is 6.35. The molecule has 0 bridgehead atoms. The predicted octanol–water partition coefficient (Wildman–Crippen LogP) is 2.34. The molecule has 1 fully saturated rings. The lowest BCUT2D eigenvalue weighted by atomic mass is 10.0. The van der Waals surface area contributed by atoms with Gasteiger partial charge in [-0.1, -0.05) is 19.9 Å². The minimum absolute atomic E-state index is 0.110. The van der Waals surface area contributed by atoms with Crippen LogP contribution in [-0.2, 0) is 16.1 Å². The molecule has 2 unspecified atom stereocenters. The van der Waals surface area contributed by atoms with Gasteiger partial charge in [0.25, 0.3) is 5.91 Å². The molecule has 122 valence electrons. The molecule has 23 heavy (non-hydrogen) atoms. The standard InChI is InChI=1S/C17H20N2O3S/c1-3-10(2)23-14-6-4-5-11-12(14)9-19(17(11)22)13-7-8-15(20)18-16(13)21/h4-6,10,13H,3,7-9H2,1-2H3,(H,18,20,21).